The number of nitrogens with one attached hydrogen (secondary N) is 1. The van der Waals surface area contributed by atoms with E-state index in [-0.39, 0.29) is 11.3 Å². The zero-order chi connectivity index (χ0) is 14.0. The number of carbonyl (C=O) groups excluding carboxylic acids is 1. The van der Waals surface area contributed by atoms with E-state index in [9.17, 15) is 4.79 Å². The Hall–Kier alpha value is -0.570. The largest absolute Gasteiger partial charge is 0.354 e. The first-order valence-corrected chi connectivity index (χ1v) is 7.22. The third-order valence-corrected chi connectivity index (χ3v) is 4.53. The molecule has 0 aromatic carbocycles. The fourth-order valence-electron chi connectivity index (χ4n) is 2.53. The van der Waals surface area contributed by atoms with Gasteiger partial charge in [-0.05, 0) is 30.1 Å². The molecule has 0 aromatic heterocycles. The summed E-state index contributed by atoms with van der Waals surface area (Å²) in [6, 6.07) is 0. The predicted octanol–water partition coefficient (Wildman–Crippen LogP) is 2.69. The molecule has 1 saturated carbocycles. The van der Waals surface area contributed by atoms with Gasteiger partial charge in [-0.1, -0.05) is 47.5 Å². The number of hydrogen-bond donors (Lipinski definition) is 2. The highest BCUT2D eigenvalue weighted by Crippen LogP contribution is 2.31. The predicted molar refractivity (Wildman–Crippen MR) is 76.2 cm³/mol. The molecule has 1 fully saturated rings. The molecule has 0 aromatic rings. The standard InChI is InChI=1S/C15H30N2O/c1-11-7-6-8-15(16,9-11)13(18)17-10-12(2)14(3,4)5/h11-12H,6-10,16H2,1-5H3,(H,17,18). The molecule has 0 radical (unpaired) electrons. The molecular weight excluding hydrogens is 224 g/mol. The van der Waals surface area contributed by atoms with Crippen molar-refractivity contribution in [3.63, 3.8) is 0 Å². The van der Waals surface area contributed by atoms with Gasteiger partial charge < -0.3 is 11.1 Å². The van der Waals surface area contributed by atoms with E-state index in [1.54, 1.807) is 0 Å². The van der Waals surface area contributed by atoms with Gasteiger partial charge in [0, 0.05) is 6.54 Å². The maximum Gasteiger partial charge on any atom is 0.240 e. The smallest absolute Gasteiger partial charge is 0.240 e. The van der Waals surface area contributed by atoms with Crippen LogP contribution in [0.4, 0.5) is 0 Å². The number of nitrogens with two attached hydrogens (primary N) is 1. The maximum absolute atomic E-state index is 12.3. The second-order valence-electron chi connectivity index (χ2n) is 7.33. The van der Waals surface area contributed by atoms with Crippen molar-refractivity contribution in [2.45, 2.75) is 65.8 Å². The van der Waals surface area contributed by atoms with E-state index in [0.29, 0.717) is 11.8 Å². The summed E-state index contributed by atoms with van der Waals surface area (Å²) in [5, 5.41) is 3.06. The summed E-state index contributed by atoms with van der Waals surface area (Å²) in [6.45, 7) is 11.7. The Morgan fingerprint density at radius 2 is 2.11 bits per heavy atom. The van der Waals surface area contributed by atoms with Crippen LogP contribution in [0.25, 0.3) is 0 Å². The van der Waals surface area contributed by atoms with Crippen LogP contribution in [0.3, 0.4) is 0 Å². The van der Waals surface area contributed by atoms with Gasteiger partial charge in [-0.2, -0.15) is 0 Å². The average Bonchev–Trinajstić information content (AvgIpc) is 2.23. The molecule has 0 heterocycles. The molecule has 106 valence electrons. The van der Waals surface area contributed by atoms with E-state index < -0.39 is 5.54 Å². The fourth-order valence-corrected chi connectivity index (χ4v) is 2.53. The first-order chi connectivity index (χ1) is 8.15. The van der Waals surface area contributed by atoms with Crippen molar-refractivity contribution in [2.24, 2.45) is 23.0 Å². The van der Waals surface area contributed by atoms with Crippen molar-refractivity contribution in [2.75, 3.05) is 6.54 Å². The minimum absolute atomic E-state index is 0.0464. The Labute approximate surface area is 112 Å². The first kappa shape index (κ1) is 15.5. The van der Waals surface area contributed by atoms with Crippen molar-refractivity contribution >= 4 is 5.91 Å². The van der Waals surface area contributed by atoms with Gasteiger partial charge in [-0.3, -0.25) is 4.79 Å². The van der Waals surface area contributed by atoms with E-state index >= 15 is 0 Å². The van der Waals surface area contributed by atoms with E-state index in [4.69, 9.17) is 5.73 Å². The lowest BCUT2D eigenvalue weighted by Gasteiger charge is -2.36. The van der Waals surface area contributed by atoms with Crippen LogP contribution >= 0.6 is 0 Å². The molecule has 0 spiro atoms. The monoisotopic (exact) mass is 254 g/mol. The molecule has 3 N–H and O–H groups in total. The number of rotatable bonds is 3. The third-order valence-electron chi connectivity index (χ3n) is 4.53. The molecule has 3 atom stereocenters. The van der Waals surface area contributed by atoms with Crippen LogP contribution in [0.2, 0.25) is 0 Å². The van der Waals surface area contributed by atoms with Crippen molar-refractivity contribution in [3.8, 4) is 0 Å². The quantitative estimate of drug-likeness (QED) is 0.813. The van der Waals surface area contributed by atoms with Gasteiger partial charge >= 0.3 is 0 Å². The molecular formula is C15H30N2O. The minimum Gasteiger partial charge on any atom is -0.354 e. The molecule has 0 bridgehead atoms. The summed E-state index contributed by atoms with van der Waals surface area (Å²) in [6.07, 6.45) is 3.92. The van der Waals surface area contributed by atoms with Crippen LogP contribution in [-0.2, 0) is 4.79 Å². The first-order valence-electron chi connectivity index (χ1n) is 7.22. The molecule has 1 aliphatic rings. The lowest BCUT2D eigenvalue weighted by Crippen LogP contribution is -2.57. The van der Waals surface area contributed by atoms with E-state index in [0.717, 1.165) is 25.8 Å². The summed E-state index contributed by atoms with van der Waals surface area (Å²) >= 11 is 0. The van der Waals surface area contributed by atoms with E-state index in [1.165, 1.54) is 6.42 Å². The molecule has 1 rings (SSSR count). The number of hydrogen-bond acceptors (Lipinski definition) is 2. The molecule has 3 nitrogen and oxygen atoms in total. The Morgan fingerprint density at radius 1 is 1.50 bits per heavy atom. The second-order valence-corrected chi connectivity index (χ2v) is 7.33. The van der Waals surface area contributed by atoms with Gasteiger partial charge in [0.15, 0.2) is 0 Å². The van der Waals surface area contributed by atoms with E-state index in [1.807, 2.05) is 0 Å². The summed E-state index contributed by atoms with van der Waals surface area (Å²) < 4.78 is 0. The molecule has 0 saturated heterocycles. The van der Waals surface area contributed by atoms with Crippen LogP contribution in [0, 0.1) is 17.3 Å². The Kier molecular flexibility index (Phi) is 4.82. The summed E-state index contributed by atoms with van der Waals surface area (Å²) in [4.78, 5) is 12.3. The molecule has 1 aliphatic carbocycles. The summed E-state index contributed by atoms with van der Waals surface area (Å²) in [5.74, 6) is 1.06. The van der Waals surface area contributed by atoms with Gasteiger partial charge in [0.2, 0.25) is 5.91 Å². The van der Waals surface area contributed by atoms with Gasteiger partial charge in [0.05, 0.1) is 5.54 Å². The van der Waals surface area contributed by atoms with Crippen molar-refractivity contribution in [3.05, 3.63) is 0 Å². The van der Waals surface area contributed by atoms with Crippen LogP contribution in [0.15, 0.2) is 0 Å². The topological polar surface area (TPSA) is 55.1 Å². The van der Waals surface area contributed by atoms with Crippen molar-refractivity contribution in [1.29, 1.82) is 0 Å². The number of amides is 1. The van der Waals surface area contributed by atoms with Gasteiger partial charge in [0.25, 0.3) is 0 Å². The minimum atomic E-state index is -0.630. The summed E-state index contributed by atoms with van der Waals surface area (Å²) in [5.41, 5.74) is 5.86. The van der Waals surface area contributed by atoms with Crippen LogP contribution in [0.5, 0.6) is 0 Å². The highest BCUT2D eigenvalue weighted by molar-refractivity contribution is 5.86. The Morgan fingerprint density at radius 3 is 2.61 bits per heavy atom. The van der Waals surface area contributed by atoms with Gasteiger partial charge in [0.1, 0.15) is 0 Å². The molecule has 3 heteroatoms. The fraction of sp³-hybridized carbons (Fsp3) is 0.933. The molecule has 3 unspecified atom stereocenters. The van der Waals surface area contributed by atoms with Crippen LogP contribution in [0.1, 0.15) is 60.3 Å². The second kappa shape index (κ2) is 5.60. The van der Waals surface area contributed by atoms with E-state index in [2.05, 4.69) is 39.9 Å². The third kappa shape index (κ3) is 3.98. The lowest BCUT2D eigenvalue weighted by atomic mass is 9.76. The summed E-state index contributed by atoms with van der Waals surface area (Å²) in [7, 11) is 0. The zero-order valence-electron chi connectivity index (χ0n) is 12.7. The van der Waals surface area contributed by atoms with Gasteiger partial charge in [-0.15, -0.1) is 0 Å². The van der Waals surface area contributed by atoms with Crippen LogP contribution < -0.4 is 11.1 Å². The zero-order valence-corrected chi connectivity index (χ0v) is 12.7. The molecule has 0 aliphatic heterocycles. The lowest BCUT2D eigenvalue weighted by molar-refractivity contribution is -0.128. The molecule has 1 amide bonds. The van der Waals surface area contributed by atoms with Crippen molar-refractivity contribution in [1.82, 2.24) is 5.32 Å². The van der Waals surface area contributed by atoms with Crippen LogP contribution in [-0.4, -0.2) is 18.0 Å². The highest BCUT2D eigenvalue weighted by atomic mass is 16.2. The number of carbonyl (C=O) groups is 1. The average molecular weight is 254 g/mol. The normalized spacial score (nSPS) is 30.9. The SMILES string of the molecule is CC1CCCC(N)(C(=O)NCC(C)C(C)(C)C)C1. The maximum atomic E-state index is 12.3. The van der Waals surface area contributed by atoms with Crippen molar-refractivity contribution < 1.29 is 4.79 Å². The van der Waals surface area contributed by atoms with Gasteiger partial charge in [-0.25, -0.2) is 0 Å². The Balaban J connectivity index is 2.50. The molecule has 18 heavy (non-hydrogen) atoms. The Bertz CT molecular complexity index is 295. The highest BCUT2D eigenvalue weighted by Gasteiger charge is 2.38.